The molecule has 0 radical (unpaired) electrons. The summed E-state index contributed by atoms with van der Waals surface area (Å²) in [5, 5.41) is 14.0. The van der Waals surface area contributed by atoms with Gasteiger partial charge in [0.15, 0.2) is 0 Å². The number of hydrogen-bond acceptors (Lipinski definition) is 4. The van der Waals surface area contributed by atoms with E-state index in [4.69, 9.17) is 16.3 Å². The molecule has 0 aliphatic heterocycles. The van der Waals surface area contributed by atoms with E-state index in [1.165, 1.54) is 24.3 Å². The maximum atomic E-state index is 11.7. The molecule has 6 nitrogen and oxygen atoms in total. The minimum atomic E-state index is -0.474. The lowest BCUT2D eigenvalue weighted by atomic mass is 10.1. The number of nitrogens with zero attached hydrogens (tertiary/aromatic N) is 1. The molecule has 0 aliphatic rings. The van der Waals surface area contributed by atoms with Crippen LogP contribution in [0.3, 0.4) is 0 Å². The Morgan fingerprint density at radius 2 is 1.79 bits per heavy atom. The lowest BCUT2D eigenvalue weighted by Crippen LogP contribution is -2.27. The molecule has 1 amide bonds. The number of hydrogen-bond donors (Lipinski definition) is 1. The van der Waals surface area contributed by atoms with Gasteiger partial charge >= 0.3 is 0 Å². The van der Waals surface area contributed by atoms with E-state index in [1.807, 2.05) is 24.3 Å². The number of ether oxygens (including phenoxy) is 1. The Hall–Kier alpha value is -2.60. The average Bonchev–Trinajstić information content (AvgIpc) is 2.57. The van der Waals surface area contributed by atoms with Crippen molar-refractivity contribution in [2.75, 3.05) is 13.2 Å². The van der Waals surface area contributed by atoms with Crippen LogP contribution < -0.4 is 10.1 Å². The Morgan fingerprint density at radius 3 is 2.42 bits per heavy atom. The van der Waals surface area contributed by atoms with Crippen LogP contribution in [0.4, 0.5) is 5.69 Å². The quantitative estimate of drug-likeness (QED) is 0.585. The van der Waals surface area contributed by atoms with Crippen molar-refractivity contribution in [3.8, 4) is 5.75 Å². The van der Waals surface area contributed by atoms with Crippen LogP contribution in [0.5, 0.6) is 5.75 Å². The minimum Gasteiger partial charge on any atom is -0.493 e. The monoisotopic (exact) mass is 348 g/mol. The molecule has 0 bridgehead atoms. The van der Waals surface area contributed by atoms with Crippen molar-refractivity contribution in [3.05, 3.63) is 69.2 Å². The smallest absolute Gasteiger partial charge is 0.269 e. The maximum Gasteiger partial charge on any atom is 0.269 e. The Kier molecular flexibility index (Phi) is 6.57. The first-order valence-electron chi connectivity index (χ1n) is 7.43. The van der Waals surface area contributed by atoms with Gasteiger partial charge in [0.05, 0.1) is 18.0 Å². The van der Waals surface area contributed by atoms with Crippen molar-refractivity contribution in [2.45, 2.75) is 12.8 Å². The summed E-state index contributed by atoms with van der Waals surface area (Å²) in [6, 6.07) is 13.2. The second-order valence-corrected chi connectivity index (χ2v) is 5.51. The molecule has 126 valence electrons. The van der Waals surface area contributed by atoms with Crippen molar-refractivity contribution in [2.24, 2.45) is 0 Å². The van der Waals surface area contributed by atoms with Crippen molar-refractivity contribution in [1.82, 2.24) is 5.32 Å². The van der Waals surface area contributed by atoms with Crippen LogP contribution in [0, 0.1) is 10.1 Å². The fourth-order valence-corrected chi connectivity index (χ4v) is 2.14. The molecule has 0 atom stereocenters. The van der Waals surface area contributed by atoms with Crippen LogP contribution >= 0.6 is 11.6 Å². The molecule has 24 heavy (non-hydrogen) atoms. The molecule has 0 fully saturated rings. The van der Waals surface area contributed by atoms with E-state index in [0.29, 0.717) is 17.3 Å². The first-order chi connectivity index (χ1) is 11.5. The highest BCUT2D eigenvalue weighted by atomic mass is 35.5. The fourth-order valence-electron chi connectivity index (χ4n) is 2.01. The van der Waals surface area contributed by atoms with Gasteiger partial charge < -0.3 is 10.1 Å². The highest BCUT2D eigenvalue weighted by Crippen LogP contribution is 2.17. The van der Waals surface area contributed by atoms with Crippen molar-refractivity contribution >= 4 is 23.2 Å². The van der Waals surface area contributed by atoms with E-state index < -0.39 is 4.92 Å². The van der Waals surface area contributed by atoms with Gasteiger partial charge in [-0.25, -0.2) is 0 Å². The summed E-state index contributed by atoms with van der Waals surface area (Å²) in [4.78, 5) is 21.8. The van der Waals surface area contributed by atoms with Gasteiger partial charge in [-0.3, -0.25) is 14.9 Å². The van der Waals surface area contributed by atoms with Crippen molar-refractivity contribution in [3.63, 3.8) is 0 Å². The number of rotatable bonds is 8. The molecule has 2 rings (SSSR count). The maximum absolute atomic E-state index is 11.7. The van der Waals surface area contributed by atoms with Gasteiger partial charge in [0, 0.05) is 23.7 Å². The topological polar surface area (TPSA) is 81.5 Å². The third kappa shape index (κ3) is 5.89. The predicted molar refractivity (Wildman–Crippen MR) is 91.4 cm³/mol. The molecular weight excluding hydrogens is 332 g/mol. The van der Waals surface area contributed by atoms with Crippen molar-refractivity contribution in [1.29, 1.82) is 0 Å². The summed E-state index contributed by atoms with van der Waals surface area (Å²) in [7, 11) is 0. The van der Waals surface area contributed by atoms with Gasteiger partial charge in [-0.15, -0.1) is 0 Å². The van der Waals surface area contributed by atoms with Gasteiger partial charge in [0.25, 0.3) is 5.69 Å². The SMILES string of the molecule is O=C(CCOc1ccc([N+](=O)[O-])cc1)NCCc1ccc(Cl)cc1. The molecule has 2 aromatic carbocycles. The van der Waals surface area contributed by atoms with Crippen molar-refractivity contribution < 1.29 is 14.5 Å². The zero-order chi connectivity index (χ0) is 17.4. The number of nitro benzene ring substituents is 1. The van der Waals surface area contributed by atoms with Gasteiger partial charge in [-0.1, -0.05) is 23.7 Å². The molecule has 0 heterocycles. The summed E-state index contributed by atoms with van der Waals surface area (Å²) < 4.78 is 5.39. The average molecular weight is 349 g/mol. The normalized spacial score (nSPS) is 10.2. The number of halogens is 1. The third-order valence-corrected chi connectivity index (χ3v) is 3.55. The molecule has 0 unspecified atom stereocenters. The molecule has 0 aromatic heterocycles. The van der Waals surface area contributed by atoms with E-state index in [-0.39, 0.29) is 24.6 Å². The molecule has 0 saturated heterocycles. The number of benzene rings is 2. The van der Waals surface area contributed by atoms with Crippen LogP contribution in [-0.2, 0) is 11.2 Å². The standard InChI is InChI=1S/C17H17ClN2O4/c18-14-3-1-13(2-4-14)9-11-19-17(21)10-12-24-16-7-5-15(6-8-16)20(22)23/h1-8H,9-12H2,(H,19,21). The summed E-state index contributed by atoms with van der Waals surface area (Å²) in [6.07, 6.45) is 0.948. The number of carbonyl (C=O) groups excluding carboxylic acids is 1. The second-order valence-electron chi connectivity index (χ2n) is 5.08. The van der Waals surface area contributed by atoms with E-state index in [9.17, 15) is 14.9 Å². The minimum absolute atomic E-state index is 0.00212. The molecular formula is C17H17ClN2O4. The van der Waals surface area contributed by atoms with Crippen LogP contribution in [0.25, 0.3) is 0 Å². The fraction of sp³-hybridized carbons (Fsp3) is 0.235. The first-order valence-corrected chi connectivity index (χ1v) is 7.81. The zero-order valence-electron chi connectivity index (χ0n) is 12.9. The highest BCUT2D eigenvalue weighted by molar-refractivity contribution is 6.30. The summed E-state index contributed by atoms with van der Waals surface area (Å²) in [6.45, 7) is 0.753. The Balaban J connectivity index is 1.64. The lowest BCUT2D eigenvalue weighted by molar-refractivity contribution is -0.384. The number of nitrogens with one attached hydrogen (secondary N) is 1. The molecule has 0 spiro atoms. The zero-order valence-corrected chi connectivity index (χ0v) is 13.7. The highest BCUT2D eigenvalue weighted by Gasteiger charge is 2.05. The Morgan fingerprint density at radius 1 is 1.12 bits per heavy atom. The molecule has 7 heteroatoms. The second kappa shape index (κ2) is 8.88. The van der Waals surface area contributed by atoms with Crippen LogP contribution in [0.2, 0.25) is 5.02 Å². The van der Waals surface area contributed by atoms with E-state index in [1.54, 1.807) is 0 Å². The largest absolute Gasteiger partial charge is 0.493 e. The van der Waals surface area contributed by atoms with E-state index in [2.05, 4.69) is 5.32 Å². The molecule has 0 saturated carbocycles. The summed E-state index contributed by atoms with van der Waals surface area (Å²) in [5.41, 5.74) is 1.10. The number of amides is 1. The van der Waals surface area contributed by atoms with Crippen LogP contribution in [-0.4, -0.2) is 24.0 Å². The third-order valence-electron chi connectivity index (χ3n) is 3.29. The van der Waals surface area contributed by atoms with Crippen LogP contribution in [0.15, 0.2) is 48.5 Å². The number of non-ortho nitro benzene ring substituents is 1. The number of nitro groups is 1. The lowest BCUT2D eigenvalue weighted by Gasteiger charge is -2.07. The van der Waals surface area contributed by atoms with E-state index >= 15 is 0 Å². The number of carbonyl (C=O) groups is 1. The Bertz CT molecular complexity index is 687. The van der Waals surface area contributed by atoms with E-state index in [0.717, 1.165) is 12.0 Å². The van der Waals surface area contributed by atoms with Gasteiger partial charge in [0.1, 0.15) is 5.75 Å². The predicted octanol–water partition coefficient (Wildman–Crippen LogP) is 3.38. The Labute approximate surface area is 144 Å². The molecule has 0 aliphatic carbocycles. The molecule has 1 N–H and O–H groups in total. The summed E-state index contributed by atoms with van der Waals surface area (Å²) >= 11 is 5.81. The first kappa shape index (κ1) is 17.7. The van der Waals surface area contributed by atoms with Gasteiger partial charge in [-0.2, -0.15) is 0 Å². The van der Waals surface area contributed by atoms with Gasteiger partial charge in [-0.05, 0) is 36.2 Å². The summed E-state index contributed by atoms with van der Waals surface area (Å²) in [5.74, 6) is 0.389. The molecule has 2 aromatic rings. The van der Waals surface area contributed by atoms with Gasteiger partial charge in [0.2, 0.25) is 5.91 Å². The van der Waals surface area contributed by atoms with Crippen LogP contribution in [0.1, 0.15) is 12.0 Å².